The molecule has 0 spiro atoms. The minimum absolute atomic E-state index is 0. The zero-order valence-corrected chi connectivity index (χ0v) is 14.6. The van der Waals surface area contributed by atoms with Gasteiger partial charge in [0.05, 0.1) is 0 Å². The van der Waals surface area contributed by atoms with Crippen molar-refractivity contribution in [3.8, 4) is 0 Å². The van der Waals surface area contributed by atoms with Crippen LogP contribution in [0.1, 0.15) is 18.4 Å². The maximum Gasteiger partial charge on any atom is 0.191 e. The summed E-state index contributed by atoms with van der Waals surface area (Å²) in [6.45, 7) is 0.652. The molecule has 3 nitrogen and oxygen atoms in total. The van der Waals surface area contributed by atoms with E-state index in [0.29, 0.717) is 28.6 Å². The third-order valence-corrected chi connectivity index (χ3v) is 3.49. The number of aliphatic imine (C=N–C) groups is 1. The molecule has 0 amide bonds. The summed E-state index contributed by atoms with van der Waals surface area (Å²) in [5, 5.41) is 1.31. The quantitative estimate of drug-likeness (QED) is 0.465. The predicted octanol–water partition coefficient (Wildman–Crippen LogP) is 3.56. The molecule has 0 heterocycles. The van der Waals surface area contributed by atoms with Gasteiger partial charge in [-0.3, -0.25) is 4.99 Å². The fourth-order valence-corrected chi connectivity index (χ4v) is 2.39. The summed E-state index contributed by atoms with van der Waals surface area (Å²) >= 11 is 11.9. The molecular weight excluding hydrogens is 396 g/mol. The molecule has 19 heavy (non-hydrogen) atoms. The maximum atomic E-state index is 5.94. The summed E-state index contributed by atoms with van der Waals surface area (Å²) in [4.78, 5) is 6.42. The van der Waals surface area contributed by atoms with Gasteiger partial charge in [-0.1, -0.05) is 23.2 Å². The molecule has 6 heteroatoms. The lowest BCUT2D eigenvalue weighted by molar-refractivity contribution is 0.487. The van der Waals surface area contributed by atoms with E-state index in [9.17, 15) is 0 Å². The summed E-state index contributed by atoms with van der Waals surface area (Å²) in [5.74, 6) is 0.616. The lowest BCUT2D eigenvalue weighted by Gasteiger charge is -2.16. The molecule has 0 saturated heterocycles. The normalized spacial score (nSPS) is 15.0. The van der Waals surface area contributed by atoms with Crippen molar-refractivity contribution in [3.63, 3.8) is 0 Å². The van der Waals surface area contributed by atoms with Gasteiger partial charge in [0.25, 0.3) is 0 Å². The number of nitrogens with two attached hydrogens (primary N) is 1. The minimum Gasteiger partial charge on any atom is -0.370 e. The largest absolute Gasteiger partial charge is 0.370 e. The zero-order valence-electron chi connectivity index (χ0n) is 10.8. The average molecular weight is 414 g/mol. The van der Waals surface area contributed by atoms with Crippen LogP contribution in [-0.4, -0.2) is 30.5 Å². The van der Waals surface area contributed by atoms with E-state index in [1.54, 1.807) is 6.07 Å². The van der Waals surface area contributed by atoms with Crippen molar-refractivity contribution in [2.75, 3.05) is 13.6 Å². The van der Waals surface area contributed by atoms with E-state index < -0.39 is 0 Å². The second-order valence-electron chi connectivity index (χ2n) is 4.61. The standard InChI is InChI=1S/C13H17Cl2N3.HI/c1-18(12-2-3-12)13(16)17-5-4-9-6-10(14)8-11(15)7-9;/h6-8,12H,2-5H2,1H3,(H2,16,17);1H. The Morgan fingerprint density at radius 2 is 1.89 bits per heavy atom. The second-order valence-corrected chi connectivity index (χ2v) is 5.48. The highest BCUT2D eigenvalue weighted by molar-refractivity contribution is 14.0. The molecule has 1 fully saturated rings. The first-order chi connectivity index (χ1) is 8.56. The molecule has 1 saturated carbocycles. The predicted molar refractivity (Wildman–Crippen MR) is 92.9 cm³/mol. The number of hydrogen-bond donors (Lipinski definition) is 1. The smallest absolute Gasteiger partial charge is 0.191 e. The molecule has 1 aromatic rings. The number of nitrogens with zero attached hydrogens (tertiary/aromatic N) is 2. The summed E-state index contributed by atoms with van der Waals surface area (Å²) in [6, 6.07) is 6.13. The van der Waals surface area contributed by atoms with E-state index in [-0.39, 0.29) is 24.0 Å². The Kier molecular flexibility index (Phi) is 6.69. The van der Waals surface area contributed by atoms with Crippen molar-refractivity contribution in [2.24, 2.45) is 10.7 Å². The molecule has 1 aliphatic carbocycles. The van der Waals surface area contributed by atoms with E-state index in [4.69, 9.17) is 28.9 Å². The Morgan fingerprint density at radius 1 is 1.32 bits per heavy atom. The van der Waals surface area contributed by atoms with Gasteiger partial charge in [0.15, 0.2) is 5.96 Å². The Hall–Kier alpha value is -0.200. The third kappa shape index (κ3) is 5.36. The van der Waals surface area contributed by atoms with E-state index in [0.717, 1.165) is 12.0 Å². The highest BCUT2D eigenvalue weighted by Gasteiger charge is 2.27. The fraction of sp³-hybridized carbons (Fsp3) is 0.462. The van der Waals surface area contributed by atoms with Crippen molar-refractivity contribution >= 4 is 53.1 Å². The van der Waals surface area contributed by atoms with Crippen molar-refractivity contribution < 1.29 is 0 Å². The third-order valence-electron chi connectivity index (χ3n) is 3.05. The van der Waals surface area contributed by atoms with Crippen molar-refractivity contribution in [3.05, 3.63) is 33.8 Å². The van der Waals surface area contributed by atoms with Crippen LogP contribution in [0.4, 0.5) is 0 Å². The maximum absolute atomic E-state index is 5.94. The molecule has 0 aliphatic heterocycles. The van der Waals surface area contributed by atoms with Crippen LogP contribution in [0.5, 0.6) is 0 Å². The number of guanidine groups is 1. The van der Waals surface area contributed by atoms with Crippen LogP contribution in [0.3, 0.4) is 0 Å². The van der Waals surface area contributed by atoms with E-state index in [1.807, 2.05) is 24.1 Å². The highest BCUT2D eigenvalue weighted by Crippen LogP contribution is 2.25. The van der Waals surface area contributed by atoms with E-state index in [2.05, 4.69) is 4.99 Å². The van der Waals surface area contributed by atoms with Gasteiger partial charge in [0.1, 0.15) is 0 Å². The summed E-state index contributed by atoms with van der Waals surface area (Å²) < 4.78 is 0. The van der Waals surface area contributed by atoms with Crippen LogP contribution in [0.25, 0.3) is 0 Å². The lowest BCUT2D eigenvalue weighted by Crippen LogP contribution is -2.35. The number of rotatable bonds is 4. The molecule has 0 aromatic heterocycles. The number of benzene rings is 1. The average Bonchev–Trinajstić information content (AvgIpc) is 3.10. The van der Waals surface area contributed by atoms with Gasteiger partial charge >= 0.3 is 0 Å². The van der Waals surface area contributed by atoms with Crippen LogP contribution >= 0.6 is 47.2 Å². The molecule has 106 valence electrons. The van der Waals surface area contributed by atoms with Crippen LogP contribution in [0.2, 0.25) is 10.0 Å². The summed E-state index contributed by atoms with van der Waals surface area (Å²) in [7, 11) is 1.99. The Labute approximate surface area is 141 Å². The molecule has 1 aromatic carbocycles. The van der Waals surface area contributed by atoms with Gasteiger partial charge in [-0.25, -0.2) is 0 Å². The first kappa shape index (κ1) is 16.9. The van der Waals surface area contributed by atoms with Gasteiger partial charge in [-0.2, -0.15) is 0 Å². The molecule has 2 rings (SSSR count). The van der Waals surface area contributed by atoms with E-state index >= 15 is 0 Å². The first-order valence-corrected chi connectivity index (χ1v) is 6.79. The molecular formula is C13H18Cl2IN3. The highest BCUT2D eigenvalue weighted by atomic mass is 127. The van der Waals surface area contributed by atoms with Crippen LogP contribution in [0.15, 0.2) is 23.2 Å². The Balaban J connectivity index is 0.00000180. The molecule has 0 radical (unpaired) electrons. The number of halogens is 3. The fourth-order valence-electron chi connectivity index (χ4n) is 1.82. The molecule has 0 atom stereocenters. The monoisotopic (exact) mass is 413 g/mol. The minimum atomic E-state index is 0. The van der Waals surface area contributed by atoms with Crippen LogP contribution < -0.4 is 5.73 Å². The van der Waals surface area contributed by atoms with Gasteiger partial charge in [0, 0.05) is 29.7 Å². The SMILES string of the molecule is CN(C(N)=NCCc1cc(Cl)cc(Cl)c1)C1CC1.I. The molecule has 0 unspecified atom stereocenters. The van der Waals surface area contributed by atoms with Crippen LogP contribution in [0, 0.1) is 0 Å². The second kappa shape index (κ2) is 7.55. The topological polar surface area (TPSA) is 41.6 Å². The Bertz CT molecular complexity index is 441. The summed E-state index contributed by atoms with van der Waals surface area (Å²) in [6.07, 6.45) is 3.23. The van der Waals surface area contributed by atoms with Crippen molar-refractivity contribution in [1.82, 2.24) is 4.90 Å². The zero-order chi connectivity index (χ0) is 13.1. The molecule has 0 bridgehead atoms. The van der Waals surface area contributed by atoms with Gasteiger partial charge in [-0.15, -0.1) is 24.0 Å². The van der Waals surface area contributed by atoms with E-state index in [1.165, 1.54) is 12.8 Å². The van der Waals surface area contributed by atoms with Gasteiger partial charge in [0.2, 0.25) is 0 Å². The van der Waals surface area contributed by atoms with Gasteiger partial charge < -0.3 is 10.6 Å². The Morgan fingerprint density at radius 3 is 2.42 bits per heavy atom. The van der Waals surface area contributed by atoms with Gasteiger partial charge in [-0.05, 0) is 43.0 Å². The van der Waals surface area contributed by atoms with Crippen molar-refractivity contribution in [2.45, 2.75) is 25.3 Å². The molecule has 1 aliphatic rings. The lowest BCUT2D eigenvalue weighted by atomic mass is 10.1. The first-order valence-electron chi connectivity index (χ1n) is 6.04. The number of hydrogen-bond acceptors (Lipinski definition) is 1. The van der Waals surface area contributed by atoms with Crippen LogP contribution in [-0.2, 0) is 6.42 Å². The summed E-state index contributed by atoms with van der Waals surface area (Å²) in [5.41, 5.74) is 6.99. The molecule has 2 N–H and O–H groups in total. The van der Waals surface area contributed by atoms with Crippen molar-refractivity contribution in [1.29, 1.82) is 0 Å².